The average Bonchev–Trinajstić information content (AvgIpc) is 2.66. The summed E-state index contributed by atoms with van der Waals surface area (Å²) in [6, 6.07) is 6.18. The van der Waals surface area contributed by atoms with E-state index in [4.69, 9.17) is 11.6 Å². The SMILES string of the molecule is CC(C)NC(=O)Cn1c(CCCl)nc2cc(I)ccc21. The molecule has 108 valence electrons. The van der Waals surface area contributed by atoms with E-state index >= 15 is 0 Å². The first-order valence-corrected chi connectivity index (χ1v) is 8.12. The number of carbonyl (C=O) groups excluding carboxylic acids is 1. The molecule has 1 amide bonds. The number of aryl methyl sites for hydroxylation is 1. The van der Waals surface area contributed by atoms with Crippen LogP contribution in [0.3, 0.4) is 0 Å². The molecule has 0 radical (unpaired) electrons. The summed E-state index contributed by atoms with van der Waals surface area (Å²) < 4.78 is 3.08. The third kappa shape index (κ3) is 3.63. The smallest absolute Gasteiger partial charge is 0.240 e. The Balaban J connectivity index is 2.38. The van der Waals surface area contributed by atoms with E-state index in [9.17, 15) is 4.79 Å². The van der Waals surface area contributed by atoms with E-state index in [2.05, 4.69) is 32.9 Å². The van der Waals surface area contributed by atoms with Crippen molar-refractivity contribution in [1.29, 1.82) is 0 Å². The lowest BCUT2D eigenvalue weighted by atomic mass is 10.3. The van der Waals surface area contributed by atoms with Gasteiger partial charge in [0.1, 0.15) is 12.4 Å². The normalized spacial score (nSPS) is 11.2. The van der Waals surface area contributed by atoms with Crippen LogP contribution in [0.15, 0.2) is 18.2 Å². The Morgan fingerprint density at radius 2 is 2.25 bits per heavy atom. The van der Waals surface area contributed by atoms with Crippen molar-refractivity contribution < 1.29 is 4.79 Å². The van der Waals surface area contributed by atoms with Crippen LogP contribution in [-0.2, 0) is 17.8 Å². The zero-order chi connectivity index (χ0) is 14.7. The van der Waals surface area contributed by atoms with E-state index in [-0.39, 0.29) is 18.5 Å². The van der Waals surface area contributed by atoms with Gasteiger partial charge in [0.15, 0.2) is 0 Å². The zero-order valence-corrected chi connectivity index (χ0v) is 14.4. The third-order valence-electron chi connectivity index (χ3n) is 2.86. The van der Waals surface area contributed by atoms with Gasteiger partial charge in [0.25, 0.3) is 0 Å². The molecule has 0 aliphatic carbocycles. The minimum Gasteiger partial charge on any atom is -0.352 e. The summed E-state index contributed by atoms with van der Waals surface area (Å²) in [6.45, 7) is 4.18. The Morgan fingerprint density at radius 3 is 2.90 bits per heavy atom. The number of nitrogens with zero attached hydrogens (tertiary/aromatic N) is 2. The lowest BCUT2D eigenvalue weighted by Crippen LogP contribution is -2.33. The molecular formula is C14H17ClIN3O. The molecule has 0 bridgehead atoms. The van der Waals surface area contributed by atoms with Crippen LogP contribution in [0.5, 0.6) is 0 Å². The molecule has 0 fully saturated rings. The molecule has 2 aromatic rings. The molecule has 0 unspecified atom stereocenters. The van der Waals surface area contributed by atoms with Gasteiger partial charge < -0.3 is 9.88 Å². The van der Waals surface area contributed by atoms with E-state index < -0.39 is 0 Å². The van der Waals surface area contributed by atoms with Crippen LogP contribution in [0, 0.1) is 3.57 Å². The van der Waals surface area contributed by atoms with Crippen molar-refractivity contribution in [3.63, 3.8) is 0 Å². The quantitative estimate of drug-likeness (QED) is 0.614. The van der Waals surface area contributed by atoms with Crippen LogP contribution in [0.25, 0.3) is 11.0 Å². The highest BCUT2D eigenvalue weighted by molar-refractivity contribution is 14.1. The standard InChI is InChI=1S/C14H17ClIN3O/c1-9(2)17-14(20)8-19-12-4-3-10(16)7-11(12)18-13(19)5-6-15/h3-4,7,9H,5-6,8H2,1-2H3,(H,17,20). The molecule has 0 spiro atoms. The Morgan fingerprint density at radius 1 is 1.50 bits per heavy atom. The summed E-state index contributed by atoms with van der Waals surface area (Å²) in [7, 11) is 0. The van der Waals surface area contributed by atoms with Gasteiger partial charge in [-0.2, -0.15) is 0 Å². The minimum atomic E-state index is -0.00586. The first kappa shape index (κ1) is 15.6. The van der Waals surface area contributed by atoms with Crippen LogP contribution >= 0.6 is 34.2 Å². The van der Waals surface area contributed by atoms with Gasteiger partial charge in [0, 0.05) is 21.9 Å². The predicted molar refractivity (Wildman–Crippen MR) is 90.2 cm³/mol. The number of amides is 1. The molecule has 1 heterocycles. The van der Waals surface area contributed by atoms with Crippen molar-refractivity contribution in [2.24, 2.45) is 0 Å². The van der Waals surface area contributed by atoms with Gasteiger partial charge in [-0.1, -0.05) is 0 Å². The van der Waals surface area contributed by atoms with Gasteiger partial charge in [-0.05, 0) is 54.6 Å². The van der Waals surface area contributed by atoms with Gasteiger partial charge in [-0.3, -0.25) is 4.79 Å². The Kier molecular flexibility index (Phi) is 5.26. The number of fused-ring (bicyclic) bond motifs is 1. The molecule has 0 saturated heterocycles. The summed E-state index contributed by atoms with van der Waals surface area (Å²) in [5.41, 5.74) is 1.89. The second-order valence-corrected chi connectivity index (χ2v) is 6.53. The van der Waals surface area contributed by atoms with Crippen molar-refractivity contribution in [2.45, 2.75) is 32.9 Å². The van der Waals surface area contributed by atoms with Crippen molar-refractivity contribution in [2.75, 3.05) is 5.88 Å². The largest absolute Gasteiger partial charge is 0.352 e. The zero-order valence-electron chi connectivity index (χ0n) is 11.5. The molecule has 4 nitrogen and oxygen atoms in total. The van der Waals surface area contributed by atoms with Gasteiger partial charge >= 0.3 is 0 Å². The molecule has 0 atom stereocenters. The number of imidazole rings is 1. The maximum Gasteiger partial charge on any atom is 0.240 e. The van der Waals surface area contributed by atoms with E-state index in [1.165, 1.54) is 0 Å². The summed E-state index contributed by atoms with van der Waals surface area (Å²) in [4.78, 5) is 16.6. The molecule has 20 heavy (non-hydrogen) atoms. The first-order valence-electron chi connectivity index (χ1n) is 6.51. The van der Waals surface area contributed by atoms with Crippen molar-refractivity contribution in [1.82, 2.24) is 14.9 Å². The fourth-order valence-electron chi connectivity index (χ4n) is 2.12. The van der Waals surface area contributed by atoms with Crippen LogP contribution in [0.2, 0.25) is 0 Å². The molecule has 1 N–H and O–H groups in total. The van der Waals surface area contributed by atoms with Crippen LogP contribution in [-0.4, -0.2) is 27.4 Å². The van der Waals surface area contributed by atoms with Gasteiger partial charge in [-0.15, -0.1) is 11.6 Å². The molecule has 0 aliphatic rings. The van der Waals surface area contributed by atoms with Gasteiger partial charge in [0.05, 0.1) is 11.0 Å². The highest BCUT2D eigenvalue weighted by atomic mass is 127. The predicted octanol–water partition coefficient (Wildman–Crippen LogP) is 2.95. The van der Waals surface area contributed by atoms with Crippen LogP contribution < -0.4 is 5.32 Å². The Bertz CT molecular complexity index is 624. The molecule has 0 saturated carbocycles. The van der Waals surface area contributed by atoms with Crippen LogP contribution in [0.4, 0.5) is 0 Å². The summed E-state index contributed by atoms with van der Waals surface area (Å²) in [5.74, 6) is 1.34. The number of aromatic nitrogens is 2. The highest BCUT2D eigenvalue weighted by Gasteiger charge is 2.14. The number of rotatable bonds is 5. The van der Waals surface area contributed by atoms with Crippen molar-refractivity contribution in [3.05, 3.63) is 27.6 Å². The number of carbonyl (C=O) groups is 1. The second-order valence-electron chi connectivity index (χ2n) is 4.91. The monoisotopic (exact) mass is 405 g/mol. The summed E-state index contributed by atoms with van der Waals surface area (Å²) >= 11 is 8.09. The van der Waals surface area contributed by atoms with Gasteiger partial charge in [-0.25, -0.2) is 4.98 Å². The number of alkyl halides is 1. The minimum absolute atomic E-state index is 0.00586. The molecule has 0 aliphatic heterocycles. The molecule has 1 aromatic heterocycles. The Labute approximate surface area is 137 Å². The fourth-order valence-corrected chi connectivity index (χ4v) is 2.76. The van der Waals surface area contributed by atoms with Crippen molar-refractivity contribution >= 4 is 51.1 Å². The van der Waals surface area contributed by atoms with E-state index in [0.29, 0.717) is 12.3 Å². The highest BCUT2D eigenvalue weighted by Crippen LogP contribution is 2.19. The topological polar surface area (TPSA) is 46.9 Å². The van der Waals surface area contributed by atoms with E-state index in [1.54, 1.807) is 0 Å². The molecule has 6 heteroatoms. The summed E-state index contributed by atoms with van der Waals surface area (Å²) in [5, 5.41) is 2.90. The van der Waals surface area contributed by atoms with E-state index in [0.717, 1.165) is 20.4 Å². The Hall–Kier alpha value is -0.820. The number of hydrogen-bond donors (Lipinski definition) is 1. The maximum absolute atomic E-state index is 12.0. The number of benzene rings is 1. The average molecular weight is 406 g/mol. The lowest BCUT2D eigenvalue weighted by molar-refractivity contribution is -0.122. The summed E-state index contributed by atoms with van der Waals surface area (Å²) in [6.07, 6.45) is 0.655. The lowest BCUT2D eigenvalue weighted by Gasteiger charge is -2.11. The maximum atomic E-state index is 12.0. The fraction of sp³-hybridized carbons (Fsp3) is 0.429. The molecular weight excluding hydrogens is 389 g/mol. The first-order chi connectivity index (χ1) is 9.51. The van der Waals surface area contributed by atoms with Gasteiger partial charge in [0.2, 0.25) is 5.91 Å². The second kappa shape index (κ2) is 6.76. The number of hydrogen-bond acceptors (Lipinski definition) is 2. The third-order valence-corrected chi connectivity index (χ3v) is 3.72. The van der Waals surface area contributed by atoms with Crippen LogP contribution in [0.1, 0.15) is 19.7 Å². The number of halogens is 2. The molecule has 2 rings (SSSR count). The molecule has 1 aromatic carbocycles. The number of nitrogens with one attached hydrogen (secondary N) is 1. The van der Waals surface area contributed by atoms with Crippen molar-refractivity contribution in [3.8, 4) is 0 Å². The van der Waals surface area contributed by atoms with E-state index in [1.807, 2.05) is 36.6 Å².